The highest BCUT2D eigenvalue weighted by Gasteiger charge is 2.47. The van der Waals surface area contributed by atoms with Crippen molar-refractivity contribution in [3.8, 4) is 0 Å². The Labute approximate surface area is 111 Å². The number of anilines is 1. The van der Waals surface area contributed by atoms with E-state index >= 15 is 0 Å². The maximum atomic E-state index is 12.0. The van der Waals surface area contributed by atoms with Crippen LogP contribution in [0.25, 0.3) is 0 Å². The topological polar surface area (TPSA) is 81.3 Å². The quantitative estimate of drug-likeness (QED) is 0.869. The van der Waals surface area contributed by atoms with E-state index in [2.05, 4.69) is 10.2 Å². The molecule has 19 heavy (non-hydrogen) atoms. The Morgan fingerprint density at radius 3 is 2.89 bits per heavy atom. The van der Waals surface area contributed by atoms with Crippen LogP contribution in [0.3, 0.4) is 0 Å². The molecule has 0 atom stereocenters. The van der Waals surface area contributed by atoms with Gasteiger partial charge in [0.25, 0.3) is 0 Å². The summed E-state index contributed by atoms with van der Waals surface area (Å²) in [5.41, 5.74) is 5.35. The molecule has 1 aromatic rings. The minimum atomic E-state index is -0.347. The van der Waals surface area contributed by atoms with Crippen LogP contribution in [-0.4, -0.2) is 35.0 Å². The lowest BCUT2D eigenvalue weighted by Gasteiger charge is -2.34. The van der Waals surface area contributed by atoms with E-state index in [4.69, 9.17) is 10.5 Å². The molecule has 0 radical (unpaired) electrons. The number of ether oxygens (including phenoxy) is 1. The Morgan fingerprint density at radius 2 is 2.26 bits per heavy atom. The van der Waals surface area contributed by atoms with Gasteiger partial charge in [-0.15, -0.1) is 5.10 Å². The van der Waals surface area contributed by atoms with Crippen molar-refractivity contribution < 1.29 is 9.53 Å². The van der Waals surface area contributed by atoms with Crippen LogP contribution in [0.2, 0.25) is 0 Å². The molecule has 0 bridgehead atoms. The smallest absolute Gasteiger partial charge is 0.416 e. The van der Waals surface area contributed by atoms with Gasteiger partial charge in [0.1, 0.15) is 5.60 Å². The van der Waals surface area contributed by atoms with Gasteiger partial charge >= 0.3 is 6.09 Å². The molecule has 3 rings (SSSR count). The number of nitrogens with two attached hydrogens (primary N) is 1. The van der Waals surface area contributed by atoms with Crippen molar-refractivity contribution in [2.75, 3.05) is 18.0 Å². The highest BCUT2D eigenvalue weighted by atomic mass is 16.6. The van der Waals surface area contributed by atoms with Crippen LogP contribution >= 0.6 is 0 Å². The van der Waals surface area contributed by atoms with E-state index in [9.17, 15) is 4.79 Å². The molecule has 1 aliphatic carbocycles. The van der Waals surface area contributed by atoms with Gasteiger partial charge in [-0.05, 0) is 50.3 Å². The van der Waals surface area contributed by atoms with E-state index in [-0.39, 0.29) is 11.7 Å². The van der Waals surface area contributed by atoms with Crippen LogP contribution in [0.15, 0.2) is 18.3 Å². The highest BCUT2D eigenvalue weighted by Crippen LogP contribution is 2.39. The third kappa shape index (κ3) is 2.28. The summed E-state index contributed by atoms with van der Waals surface area (Å²) in [6.07, 6.45) is 5.10. The average Bonchev–Trinajstić information content (AvgIpc) is 2.77. The van der Waals surface area contributed by atoms with E-state index < -0.39 is 0 Å². The Balaban J connectivity index is 1.74. The van der Waals surface area contributed by atoms with Gasteiger partial charge in [0.2, 0.25) is 0 Å². The third-order valence-corrected chi connectivity index (χ3v) is 4.15. The minimum Gasteiger partial charge on any atom is -0.441 e. The molecule has 1 amide bonds. The lowest BCUT2D eigenvalue weighted by Crippen LogP contribution is -2.39. The van der Waals surface area contributed by atoms with Crippen LogP contribution in [0.4, 0.5) is 10.6 Å². The monoisotopic (exact) mass is 262 g/mol. The first-order chi connectivity index (χ1) is 9.22. The summed E-state index contributed by atoms with van der Waals surface area (Å²) in [7, 11) is 0. The molecule has 0 unspecified atom stereocenters. The zero-order chi connectivity index (χ0) is 13.3. The van der Waals surface area contributed by atoms with Crippen molar-refractivity contribution >= 4 is 11.9 Å². The summed E-state index contributed by atoms with van der Waals surface area (Å²) in [6.45, 7) is 1.29. The van der Waals surface area contributed by atoms with E-state index in [0.717, 1.165) is 32.2 Å². The molecule has 6 heteroatoms. The zero-order valence-electron chi connectivity index (χ0n) is 10.8. The van der Waals surface area contributed by atoms with Gasteiger partial charge in [-0.25, -0.2) is 4.79 Å². The molecule has 102 valence electrons. The molecule has 1 aromatic heterocycles. The van der Waals surface area contributed by atoms with E-state index in [0.29, 0.717) is 18.3 Å². The first-order valence-corrected chi connectivity index (χ1v) is 6.71. The number of carbonyl (C=O) groups is 1. The molecule has 0 aromatic carbocycles. The Kier molecular flexibility index (Phi) is 3.10. The second kappa shape index (κ2) is 4.77. The molecule has 2 fully saturated rings. The van der Waals surface area contributed by atoms with Gasteiger partial charge in [-0.2, -0.15) is 5.10 Å². The van der Waals surface area contributed by atoms with Crippen molar-refractivity contribution in [3.63, 3.8) is 0 Å². The van der Waals surface area contributed by atoms with Crippen molar-refractivity contribution in [2.45, 2.75) is 31.3 Å². The van der Waals surface area contributed by atoms with Crippen LogP contribution in [-0.2, 0) is 4.74 Å². The number of carbonyl (C=O) groups excluding carboxylic acids is 1. The molecule has 2 aliphatic rings. The van der Waals surface area contributed by atoms with Crippen molar-refractivity contribution in [3.05, 3.63) is 18.3 Å². The number of hydrogen-bond acceptors (Lipinski definition) is 5. The average molecular weight is 262 g/mol. The summed E-state index contributed by atoms with van der Waals surface area (Å²) in [6, 6.07) is 3.55. The Morgan fingerprint density at radius 1 is 1.47 bits per heavy atom. The van der Waals surface area contributed by atoms with Crippen molar-refractivity contribution in [1.82, 2.24) is 10.2 Å². The van der Waals surface area contributed by atoms with Gasteiger partial charge < -0.3 is 10.5 Å². The fourth-order valence-electron chi connectivity index (χ4n) is 2.94. The van der Waals surface area contributed by atoms with Gasteiger partial charge in [0.15, 0.2) is 5.82 Å². The fraction of sp³-hybridized carbons (Fsp3) is 0.615. The third-order valence-electron chi connectivity index (χ3n) is 4.15. The molecule has 2 heterocycles. The maximum absolute atomic E-state index is 12.0. The number of nitrogens with zero attached hydrogens (tertiary/aromatic N) is 3. The number of aromatic nitrogens is 2. The highest BCUT2D eigenvalue weighted by molar-refractivity contribution is 5.89. The summed E-state index contributed by atoms with van der Waals surface area (Å²) < 4.78 is 5.63. The van der Waals surface area contributed by atoms with Gasteiger partial charge in [-0.1, -0.05) is 0 Å². The summed E-state index contributed by atoms with van der Waals surface area (Å²) in [5.74, 6) is 1.13. The van der Waals surface area contributed by atoms with Crippen molar-refractivity contribution in [2.24, 2.45) is 11.7 Å². The van der Waals surface area contributed by atoms with E-state index in [1.54, 1.807) is 23.2 Å². The largest absolute Gasteiger partial charge is 0.441 e. The normalized spacial score (nSPS) is 30.7. The Bertz CT molecular complexity index is 457. The lowest BCUT2D eigenvalue weighted by atomic mass is 9.79. The predicted molar refractivity (Wildman–Crippen MR) is 69.6 cm³/mol. The predicted octanol–water partition coefficient (Wildman–Crippen LogP) is 1.32. The molecular formula is C13H18N4O2. The van der Waals surface area contributed by atoms with Crippen LogP contribution in [0.1, 0.15) is 25.7 Å². The molecule has 6 nitrogen and oxygen atoms in total. The number of rotatable bonds is 2. The zero-order valence-corrected chi connectivity index (χ0v) is 10.8. The van der Waals surface area contributed by atoms with Gasteiger partial charge in [0.05, 0.1) is 6.54 Å². The molecule has 2 N–H and O–H groups in total. The molecule has 1 saturated heterocycles. The van der Waals surface area contributed by atoms with E-state index in [1.165, 1.54) is 0 Å². The SMILES string of the molecule is NC[C@H]1CC[C@]2(CC1)CN(c1cccnn1)C(=O)O2. The second-order valence-corrected chi connectivity index (χ2v) is 5.40. The fourth-order valence-corrected chi connectivity index (χ4v) is 2.94. The molecule has 1 spiro atoms. The molecule has 1 saturated carbocycles. The first-order valence-electron chi connectivity index (χ1n) is 6.71. The summed E-state index contributed by atoms with van der Waals surface area (Å²) >= 11 is 0. The second-order valence-electron chi connectivity index (χ2n) is 5.40. The van der Waals surface area contributed by atoms with E-state index in [1.807, 2.05) is 0 Å². The molecule has 1 aliphatic heterocycles. The number of amides is 1. The maximum Gasteiger partial charge on any atom is 0.416 e. The van der Waals surface area contributed by atoms with Crippen LogP contribution < -0.4 is 10.6 Å². The number of hydrogen-bond donors (Lipinski definition) is 1. The summed E-state index contributed by atoms with van der Waals surface area (Å²) in [4.78, 5) is 13.6. The van der Waals surface area contributed by atoms with Gasteiger partial charge in [-0.3, -0.25) is 4.90 Å². The van der Waals surface area contributed by atoms with Crippen molar-refractivity contribution in [1.29, 1.82) is 0 Å². The lowest BCUT2D eigenvalue weighted by molar-refractivity contribution is 0.0144. The standard InChI is InChI=1S/C13H18N4O2/c14-8-10-3-5-13(6-4-10)9-17(12(18)19-13)11-2-1-7-15-16-11/h1-2,7,10H,3-6,8-9,14H2/t10-,13-. The summed E-state index contributed by atoms with van der Waals surface area (Å²) in [5, 5.41) is 7.78. The van der Waals surface area contributed by atoms with Gasteiger partial charge in [0, 0.05) is 6.20 Å². The Hall–Kier alpha value is -1.69. The van der Waals surface area contributed by atoms with Crippen LogP contribution in [0.5, 0.6) is 0 Å². The van der Waals surface area contributed by atoms with Crippen LogP contribution in [0, 0.1) is 5.92 Å². The minimum absolute atomic E-state index is 0.313. The first kappa shape index (κ1) is 12.3. The molecular weight excluding hydrogens is 244 g/mol.